The minimum Gasteiger partial charge on any atom is -0.481 e. The molecule has 1 saturated carbocycles. The molecule has 2 atom stereocenters. The molecule has 1 aliphatic rings. The van der Waals surface area contributed by atoms with E-state index in [-0.39, 0.29) is 6.04 Å². The van der Waals surface area contributed by atoms with Gasteiger partial charge in [-0.1, -0.05) is 0 Å². The van der Waals surface area contributed by atoms with Crippen LogP contribution in [0.1, 0.15) is 17.9 Å². The van der Waals surface area contributed by atoms with Gasteiger partial charge in [0.1, 0.15) is 0 Å². The van der Waals surface area contributed by atoms with Gasteiger partial charge in [-0.25, -0.2) is 4.98 Å². The van der Waals surface area contributed by atoms with Gasteiger partial charge in [-0.3, -0.25) is 0 Å². The highest BCUT2D eigenvalue weighted by molar-refractivity contribution is 9.10. The van der Waals surface area contributed by atoms with Crippen molar-refractivity contribution < 1.29 is 4.74 Å². The maximum absolute atomic E-state index is 5.77. The molecule has 1 heterocycles. The maximum Gasteiger partial charge on any atom is 0.216 e. The van der Waals surface area contributed by atoms with Crippen LogP contribution in [-0.2, 0) is 0 Å². The standard InChI is InChI=1S/C9H11BrN2O/c1-13-9-7(6-3-8(6)11)2-5(10)4-12-9/h2,4,6,8H,3,11H2,1H3. The first kappa shape index (κ1) is 8.97. The number of rotatable bonds is 2. The molecule has 0 amide bonds. The van der Waals surface area contributed by atoms with Gasteiger partial charge in [0, 0.05) is 28.2 Å². The SMILES string of the molecule is COc1ncc(Br)cc1C1CC1N. The summed E-state index contributed by atoms with van der Waals surface area (Å²) in [5.41, 5.74) is 6.89. The summed E-state index contributed by atoms with van der Waals surface area (Å²) in [5, 5.41) is 0. The molecule has 0 bridgehead atoms. The van der Waals surface area contributed by atoms with Crippen LogP contribution >= 0.6 is 15.9 Å². The fourth-order valence-electron chi connectivity index (χ4n) is 1.45. The van der Waals surface area contributed by atoms with E-state index < -0.39 is 0 Å². The molecule has 2 rings (SSSR count). The lowest BCUT2D eigenvalue weighted by Crippen LogP contribution is -2.03. The first-order valence-electron chi connectivity index (χ1n) is 4.17. The van der Waals surface area contributed by atoms with Crippen molar-refractivity contribution in [2.45, 2.75) is 18.4 Å². The van der Waals surface area contributed by atoms with Gasteiger partial charge in [0.2, 0.25) is 5.88 Å². The highest BCUT2D eigenvalue weighted by atomic mass is 79.9. The molecule has 0 aliphatic heterocycles. The van der Waals surface area contributed by atoms with Crippen molar-refractivity contribution in [3.63, 3.8) is 0 Å². The van der Waals surface area contributed by atoms with Crippen molar-refractivity contribution in [3.05, 3.63) is 22.3 Å². The Balaban J connectivity index is 2.35. The molecule has 2 N–H and O–H groups in total. The maximum atomic E-state index is 5.77. The van der Waals surface area contributed by atoms with Crippen LogP contribution in [0.2, 0.25) is 0 Å². The molecule has 0 aromatic carbocycles. The van der Waals surface area contributed by atoms with E-state index in [0.29, 0.717) is 11.8 Å². The fourth-order valence-corrected chi connectivity index (χ4v) is 1.80. The number of nitrogens with zero attached hydrogens (tertiary/aromatic N) is 1. The van der Waals surface area contributed by atoms with E-state index >= 15 is 0 Å². The topological polar surface area (TPSA) is 48.1 Å². The van der Waals surface area contributed by atoms with E-state index in [1.165, 1.54) is 0 Å². The van der Waals surface area contributed by atoms with Crippen molar-refractivity contribution in [1.82, 2.24) is 4.98 Å². The predicted molar refractivity (Wildman–Crippen MR) is 53.8 cm³/mol. The van der Waals surface area contributed by atoms with E-state index in [2.05, 4.69) is 20.9 Å². The van der Waals surface area contributed by atoms with Crippen LogP contribution in [-0.4, -0.2) is 18.1 Å². The lowest BCUT2D eigenvalue weighted by molar-refractivity contribution is 0.392. The Hall–Kier alpha value is -0.610. The third-order valence-corrected chi connectivity index (χ3v) is 2.71. The Labute approximate surface area is 85.4 Å². The summed E-state index contributed by atoms with van der Waals surface area (Å²) in [4.78, 5) is 4.17. The van der Waals surface area contributed by atoms with Gasteiger partial charge in [-0.15, -0.1) is 0 Å². The quantitative estimate of drug-likeness (QED) is 0.859. The first-order chi connectivity index (χ1) is 6.22. The van der Waals surface area contributed by atoms with Crippen molar-refractivity contribution in [3.8, 4) is 5.88 Å². The Morgan fingerprint density at radius 1 is 1.69 bits per heavy atom. The third kappa shape index (κ3) is 1.69. The van der Waals surface area contributed by atoms with E-state index in [9.17, 15) is 0 Å². The molecule has 1 aromatic rings. The summed E-state index contributed by atoms with van der Waals surface area (Å²) in [7, 11) is 1.63. The Morgan fingerprint density at radius 2 is 2.38 bits per heavy atom. The number of hydrogen-bond donors (Lipinski definition) is 1. The van der Waals surface area contributed by atoms with Crippen LogP contribution < -0.4 is 10.5 Å². The van der Waals surface area contributed by atoms with E-state index in [4.69, 9.17) is 10.5 Å². The zero-order chi connectivity index (χ0) is 9.42. The van der Waals surface area contributed by atoms with E-state index in [1.807, 2.05) is 6.07 Å². The van der Waals surface area contributed by atoms with Gasteiger partial charge in [0.15, 0.2) is 0 Å². The molecule has 1 aliphatic carbocycles. The second kappa shape index (κ2) is 3.27. The highest BCUT2D eigenvalue weighted by Crippen LogP contribution is 2.43. The van der Waals surface area contributed by atoms with Gasteiger partial charge in [0.05, 0.1) is 7.11 Å². The van der Waals surface area contributed by atoms with Crippen LogP contribution in [0.25, 0.3) is 0 Å². The predicted octanol–water partition coefficient (Wildman–Crippen LogP) is 1.67. The Bertz CT molecular complexity index is 329. The summed E-state index contributed by atoms with van der Waals surface area (Å²) in [6.45, 7) is 0. The molecular weight excluding hydrogens is 232 g/mol. The summed E-state index contributed by atoms with van der Waals surface area (Å²) in [5.74, 6) is 1.13. The molecule has 2 unspecified atom stereocenters. The van der Waals surface area contributed by atoms with Crippen molar-refractivity contribution >= 4 is 15.9 Å². The lowest BCUT2D eigenvalue weighted by Gasteiger charge is -2.06. The summed E-state index contributed by atoms with van der Waals surface area (Å²) in [6, 6.07) is 2.31. The van der Waals surface area contributed by atoms with Crippen LogP contribution in [0.3, 0.4) is 0 Å². The van der Waals surface area contributed by atoms with Gasteiger partial charge >= 0.3 is 0 Å². The molecule has 70 valence electrons. The second-order valence-electron chi connectivity index (χ2n) is 3.26. The molecular formula is C9H11BrN2O. The normalized spacial score (nSPS) is 25.8. The molecule has 4 heteroatoms. The Morgan fingerprint density at radius 3 is 2.92 bits per heavy atom. The molecule has 1 aromatic heterocycles. The minimum absolute atomic E-state index is 0.282. The second-order valence-corrected chi connectivity index (χ2v) is 4.17. The monoisotopic (exact) mass is 242 g/mol. The summed E-state index contributed by atoms with van der Waals surface area (Å²) >= 11 is 3.38. The third-order valence-electron chi connectivity index (χ3n) is 2.28. The molecule has 3 nitrogen and oxygen atoms in total. The summed E-state index contributed by atoms with van der Waals surface area (Å²) in [6.07, 6.45) is 2.77. The van der Waals surface area contributed by atoms with Gasteiger partial charge in [-0.05, 0) is 28.4 Å². The van der Waals surface area contributed by atoms with Crippen LogP contribution in [0, 0.1) is 0 Å². The molecule has 1 fully saturated rings. The highest BCUT2D eigenvalue weighted by Gasteiger charge is 2.37. The smallest absolute Gasteiger partial charge is 0.216 e. The molecule has 0 saturated heterocycles. The van der Waals surface area contributed by atoms with Crippen LogP contribution in [0.4, 0.5) is 0 Å². The number of methoxy groups -OCH3 is 1. The number of halogens is 1. The van der Waals surface area contributed by atoms with Crippen LogP contribution in [0.5, 0.6) is 5.88 Å². The lowest BCUT2D eigenvalue weighted by atomic mass is 10.2. The number of nitrogens with two attached hydrogens (primary N) is 1. The fraction of sp³-hybridized carbons (Fsp3) is 0.444. The number of aromatic nitrogens is 1. The zero-order valence-corrected chi connectivity index (χ0v) is 8.91. The molecule has 13 heavy (non-hydrogen) atoms. The van der Waals surface area contributed by atoms with E-state index in [0.717, 1.165) is 16.5 Å². The number of pyridine rings is 1. The minimum atomic E-state index is 0.282. The molecule has 0 spiro atoms. The van der Waals surface area contributed by atoms with Gasteiger partial charge < -0.3 is 10.5 Å². The number of ether oxygens (including phenoxy) is 1. The largest absolute Gasteiger partial charge is 0.481 e. The van der Waals surface area contributed by atoms with Crippen molar-refractivity contribution in [1.29, 1.82) is 0 Å². The van der Waals surface area contributed by atoms with Gasteiger partial charge in [-0.2, -0.15) is 0 Å². The van der Waals surface area contributed by atoms with Gasteiger partial charge in [0.25, 0.3) is 0 Å². The number of hydrogen-bond acceptors (Lipinski definition) is 3. The Kier molecular flexibility index (Phi) is 2.26. The van der Waals surface area contributed by atoms with E-state index in [1.54, 1.807) is 13.3 Å². The molecule has 0 radical (unpaired) electrons. The zero-order valence-electron chi connectivity index (χ0n) is 7.33. The van der Waals surface area contributed by atoms with Crippen molar-refractivity contribution in [2.75, 3.05) is 7.11 Å². The van der Waals surface area contributed by atoms with Crippen LogP contribution in [0.15, 0.2) is 16.7 Å². The average molecular weight is 243 g/mol. The summed E-state index contributed by atoms with van der Waals surface area (Å²) < 4.78 is 6.14. The average Bonchev–Trinajstić information content (AvgIpc) is 2.82. The van der Waals surface area contributed by atoms with Crippen molar-refractivity contribution in [2.24, 2.45) is 5.73 Å². The first-order valence-corrected chi connectivity index (χ1v) is 4.96.